The van der Waals surface area contributed by atoms with E-state index in [1.165, 1.54) is 5.56 Å². The monoisotopic (exact) mass is 334 g/mol. The first-order valence-corrected chi connectivity index (χ1v) is 9.41. The van der Waals surface area contributed by atoms with Crippen molar-refractivity contribution >= 4 is 5.91 Å². The van der Waals surface area contributed by atoms with Gasteiger partial charge in [-0.1, -0.05) is 78.8 Å². The predicted molar refractivity (Wildman–Crippen MR) is 107 cm³/mol. The highest BCUT2D eigenvalue weighted by atomic mass is 16.1. The minimum atomic E-state index is 0.120. The number of allylic oxidation sites excluding steroid dienone is 1. The zero-order chi connectivity index (χ0) is 18.8. The van der Waals surface area contributed by atoms with Gasteiger partial charge in [-0.3, -0.25) is 4.79 Å². The standard InChI is InChI=1S/C17H26N2O.2C2H6/c1-4-6-14(3)18-12-15-8-10-16(11-9-15)13-19-17(20)7-5-2;2*1-2/h8-11,18H,3-7,12-13H2,1-2H3,(H,19,20);2*1-2H3. The van der Waals surface area contributed by atoms with Gasteiger partial charge in [0, 0.05) is 25.2 Å². The maximum absolute atomic E-state index is 11.4. The van der Waals surface area contributed by atoms with Crippen molar-refractivity contribution in [3.05, 3.63) is 47.7 Å². The Morgan fingerprint density at radius 1 is 0.833 bits per heavy atom. The maximum Gasteiger partial charge on any atom is 0.220 e. The zero-order valence-electron chi connectivity index (χ0n) is 16.7. The molecule has 1 amide bonds. The fourth-order valence-corrected chi connectivity index (χ4v) is 1.91. The second-order valence-electron chi connectivity index (χ2n) is 5.05. The first-order chi connectivity index (χ1) is 11.7. The quantitative estimate of drug-likeness (QED) is 0.621. The Bertz CT molecular complexity index is 383. The lowest BCUT2D eigenvalue weighted by atomic mass is 10.1. The summed E-state index contributed by atoms with van der Waals surface area (Å²) >= 11 is 0. The van der Waals surface area contributed by atoms with Crippen LogP contribution in [0.2, 0.25) is 0 Å². The van der Waals surface area contributed by atoms with E-state index in [9.17, 15) is 4.79 Å². The topological polar surface area (TPSA) is 41.1 Å². The van der Waals surface area contributed by atoms with Gasteiger partial charge in [-0.2, -0.15) is 0 Å². The summed E-state index contributed by atoms with van der Waals surface area (Å²) in [6.45, 7) is 17.6. The molecule has 1 rings (SSSR count). The third-order valence-electron chi connectivity index (χ3n) is 3.08. The Morgan fingerprint density at radius 3 is 1.67 bits per heavy atom. The molecule has 0 fully saturated rings. The molecule has 0 saturated carbocycles. The molecule has 138 valence electrons. The van der Waals surface area contributed by atoms with Crippen molar-refractivity contribution < 1.29 is 4.79 Å². The number of carbonyl (C=O) groups is 1. The smallest absolute Gasteiger partial charge is 0.220 e. The van der Waals surface area contributed by atoms with Crippen molar-refractivity contribution in [3.8, 4) is 0 Å². The van der Waals surface area contributed by atoms with Gasteiger partial charge in [0.15, 0.2) is 0 Å². The summed E-state index contributed by atoms with van der Waals surface area (Å²) in [6, 6.07) is 8.30. The van der Waals surface area contributed by atoms with E-state index in [0.717, 1.165) is 37.1 Å². The van der Waals surface area contributed by atoms with E-state index < -0.39 is 0 Å². The van der Waals surface area contributed by atoms with Gasteiger partial charge in [-0.05, 0) is 24.0 Å². The van der Waals surface area contributed by atoms with Crippen LogP contribution in [-0.4, -0.2) is 5.91 Å². The van der Waals surface area contributed by atoms with E-state index >= 15 is 0 Å². The normalized spacial score (nSPS) is 8.92. The van der Waals surface area contributed by atoms with Crippen molar-refractivity contribution in [2.24, 2.45) is 0 Å². The van der Waals surface area contributed by atoms with Crippen molar-refractivity contribution in [2.45, 2.75) is 80.3 Å². The van der Waals surface area contributed by atoms with E-state index in [1.54, 1.807) is 0 Å². The molecule has 0 aliphatic heterocycles. The summed E-state index contributed by atoms with van der Waals surface area (Å²) in [5.41, 5.74) is 3.44. The van der Waals surface area contributed by atoms with Crippen LogP contribution in [0.25, 0.3) is 0 Å². The minimum Gasteiger partial charge on any atom is -0.385 e. The Labute approximate surface area is 149 Å². The molecule has 0 spiro atoms. The number of hydrogen-bond acceptors (Lipinski definition) is 2. The van der Waals surface area contributed by atoms with E-state index in [1.807, 2.05) is 34.6 Å². The molecule has 2 N–H and O–H groups in total. The van der Waals surface area contributed by atoms with Crippen LogP contribution < -0.4 is 10.6 Å². The lowest BCUT2D eigenvalue weighted by Gasteiger charge is -2.09. The maximum atomic E-state index is 11.4. The molecule has 0 atom stereocenters. The average molecular weight is 335 g/mol. The SMILES string of the molecule is C=C(CCC)NCc1ccc(CNC(=O)CCC)cc1.CC.CC. The summed E-state index contributed by atoms with van der Waals surface area (Å²) < 4.78 is 0. The van der Waals surface area contributed by atoms with Crippen molar-refractivity contribution in [1.82, 2.24) is 10.6 Å². The molecule has 0 bridgehead atoms. The molecule has 0 radical (unpaired) electrons. The van der Waals surface area contributed by atoms with Crippen molar-refractivity contribution in [2.75, 3.05) is 0 Å². The molecule has 3 nitrogen and oxygen atoms in total. The van der Waals surface area contributed by atoms with E-state index in [4.69, 9.17) is 0 Å². The molecule has 0 unspecified atom stereocenters. The molecule has 24 heavy (non-hydrogen) atoms. The lowest BCUT2D eigenvalue weighted by Crippen LogP contribution is -2.22. The van der Waals surface area contributed by atoms with E-state index in [2.05, 4.69) is 48.4 Å². The average Bonchev–Trinajstić information content (AvgIpc) is 2.63. The van der Waals surface area contributed by atoms with Gasteiger partial charge in [-0.25, -0.2) is 0 Å². The largest absolute Gasteiger partial charge is 0.385 e. The molecule has 0 aromatic heterocycles. The van der Waals surface area contributed by atoms with Crippen molar-refractivity contribution in [3.63, 3.8) is 0 Å². The Kier molecular flexibility index (Phi) is 17.9. The Balaban J connectivity index is 0. The van der Waals surface area contributed by atoms with Crippen LogP contribution in [0.15, 0.2) is 36.5 Å². The lowest BCUT2D eigenvalue weighted by molar-refractivity contribution is -0.121. The molecular weight excluding hydrogens is 296 g/mol. The third kappa shape index (κ3) is 12.7. The van der Waals surface area contributed by atoms with Crippen LogP contribution in [0.3, 0.4) is 0 Å². The number of carbonyl (C=O) groups excluding carboxylic acids is 1. The van der Waals surface area contributed by atoms with Crippen LogP contribution in [0, 0.1) is 0 Å². The van der Waals surface area contributed by atoms with Gasteiger partial charge >= 0.3 is 0 Å². The predicted octanol–water partition coefficient (Wildman–Crippen LogP) is 5.56. The zero-order valence-corrected chi connectivity index (χ0v) is 16.7. The summed E-state index contributed by atoms with van der Waals surface area (Å²) in [4.78, 5) is 11.4. The van der Waals surface area contributed by atoms with Crippen molar-refractivity contribution in [1.29, 1.82) is 0 Å². The van der Waals surface area contributed by atoms with Crippen LogP contribution >= 0.6 is 0 Å². The second kappa shape index (κ2) is 17.6. The summed E-state index contributed by atoms with van der Waals surface area (Å²) in [6.07, 6.45) is 3.61. The molecule has 0 aliphatic carbocycles. The Hall–Kier alpha value is -1.77. The second-order valence-corrected chi connectivity index (χ2v) is 5.05. The highest BCUT2D eigenvalue weighted by Crippen LogP contribution is 2.06. The Morgan fingerprint density at radius 2 is 1.25 bits per heavy atom. The number of benzene rings is 1. The number of nitrogens with one attached hydrogen (secondary N) is 2. The summed E-state index contributed by atoms with van der Waals surface area (Å²) in [7, 11) is 0. The van der Waals surface area contributed by atoms with E-state index in [0.29, 0.717) is 13.0 Å². The molecule has 0 heterocycles. The third-order valence-corrected chi connectivity index (χ3v) is 3.08. The van der Waals surface area contributed by atoms with E-state index in [-0.39, 0.29) is 5.91 Å². The van der Waals surface area contributed by atoms with Gasteiger partial charge in [0.25, 0.3) is 0 Å². The van der Waals surface area contributed by atoms with Crippen LogP contribution in [0.4, 0.5) is 0 Å². The van der Waals surface area contributed by atoms with Gasteiger partial charge in [0.2, 0.25) is 5.91 Å². The highest BCUT2D eigenvalue weighted by molar-refractivity contribution is 5.75. The summed E-state index contributed by atoms with van der Waals surface area (Å²) in [5.74, 6) is 0.120. The fourth-order valence-electron chi connectivity index (χ4n) is 1.91. The molecule has 0 aliphatic rings. The molecule has 1 aromatic rings. The van der Waals surface area contributed by atoms with Gasteiger partial charge in [-0.15, -0.1) is 0 Å². The van der Waals surface area contributed by atoms with Crippen LogP contribution in [0.1, 0.15) is 78.4 Å². The summed E-state index contributed by atoms with van der Waals surface area (Å²) in [5, 5.41) is 6.24. The number of hydrogen-bond donors (Lipinski definition) is 2. The minimum absolute atomic E-state index is 0.120. The fraction of sp³-hybridized carbons (Fsp3) is 0.571. The van der Waals surface area contributed by atoms with Gasteiger partial charge in [0.05, 0.1) is 0 Å². The molecule has 0 saturated heterocycles. The molecular formula is C21H38N2O. The first-order valence-electron chi connectivity index (χ1n) is 9.41. The molecule has 1 aromatic carbocycles. The number of amides is 1. The molecule has 3 heteroatoms. The number of rotatable bonds is 9. The van der Waals surface area contributed by atoms with Crippen LogP contribution in [0.5, 0.6) is 0 Å². The van der Waals surface area contributed by atoms with Gasteiger partial charge in [0.1, 0.15) is 0 Å². The highest BCUT2D eigenvalue weighted by Gasteiger charge is 2.00. The van der Waals surface area contributed by atoms with Crippen LogP contribution in [-0.2, 0) is 17.9 Å². The van der Waals surface area contributed by atoms with Gasteiger partial charge < -0.3 is 10.6 Å². The first kappa shape index (κ1) is 24.5.